The number of benzene rings is 2. The molecule has 0 atom stereocenters. The average Bonchev–Trinajstić information content (AvgIpc) is 2.83. The van der Waals surface area contributed by atoms with E-state index in [-0.39, 0.29) is 11.1 Å². The van der Waals surface area contributed by atoms with Crippen molar-refractivity contribution < 1.29 is 18.7 Å². The van der Waals surface area contributed by atoms with Crippen LogP contribution in [0, 0.1) is 11.6 Å². The van der Waals surface area contributed by atoms with Crippen LogP contribution >= 0.6 is 0 Å². The molecule has 5 nitrogen and oxygen atoms in total. The molecule has 27 heavy (non-hydrogen) atoms. The van der Waals surface area contributed by atoms with E-state index in [9.17, 15) is 13.6 Å². The van der Waals surface area contributed by atoms with Gasteiger partial charge in [-0.25, -0.2) is 18.3 Å². The quantitative estimate of drug-likeness (QED) is 0.724. The third-order valence-corrected chi connectivity index (χ3v) is 4.67. The molecule has 0 spiro atoms. The van der Waals surface area contributed by atoms with Crippen molar-refractivity contribution in [1.29, 1.82) is 0 Å². The van der Waals surface area contributed by atoms with Crippen LogP contribution in [0.4, 0.5) is 14.6 Å². The summed E-state index contributed by atoms with van der Waals surface area (Å²) in [5, 5.41) is 17.0. The maximum absolute atomic E-state index is 14.4. The molecule has 0 saturated heterocycles. The zero-order valence-corrected chi connectivity index (χ0v) is 14.4. The average molecular weight is 369 g/mol. The molecular formula is C20H17F2N3O2. The summed E-state index contributed by atoms with van der Waals surface area (Å²) in [6.45, 7) is 0.761. The molecule has 0 aliphatic carbocycles. The number of carbonyl (C=O) groups is 1. The molecule has 1 aliphatic heterocycles. The summed E-state index contributed by atoms with van der Waals surface area (Å²) >= 11 is 0. The van der Waals surface area contributed by atoms with Crippen LogP contribution in [-0.2, 0) is 6.42 Å². The Kier molecular flexibility index (Phi) is 4.35. The Morgan fingerprint density at radius 1 is 1.11 bits per heavy atom. The van der Waals surface area contributed by atoms with Crippen molar-refractivity contribution in [3.63, 3.8) is 0 Å². The second kappa shape index (κ2) is 6.83. The third kappa shape index (κ3) is 3.16. The highest BCUT2D eigenvalue weighted by atomic mass is 19.1. The molecule has 1 aromatic heterocycles. The summed E-state index contributed by atoms with van der Waals surface area (Å²) in [5.74, 6) is -1.54. The van der Waals surface area contributed by atoms with E-state index >= 15 is 0 Å². The van der Waals surface area contributed by atoms with Crippen LogP contribution in [0.1, 0.15) is 28.8 Å². The first-order chi connectivity index (χ1) is 13.0. The molecule has 2 aromatic carbocycles. The summed E-state index contributed by atoms with van der Waals surface area (Å²) < 4.78 is 29.4. The van der Waals surface area contributed by atoms with Crippen LogP contribution in [0.2, 0.25) is 0 Å². The van der Waals surface area contributed by atoms with Crippen molar-refractivity contribution in [3.8, 4) is 16.9 Å². The van der Waals surface area contributed by atoms with E-state index in [1.807, 2.05) is 0 Å². The van der Waals surface area contributed by atoms with E-state index in [0.29, 0.717) is 11.4 Å². The topological polar surface area (TPSA) is 67.1 Å². The first-order valence-electron chi connectivity index (χ1n) is 8.69. The highest BCUT2D eigenvalue weighted by Crippen LogP contribution is 2.35. The van der Waals surface area contributed by atoms with Crippen molar-refractivity contribution in [2.75, 3.05) is 11.9 Å². The normalized spacial score (nSPS) is 13.6. The van der Waals surface area contributed by atoms with Gasteiger partial charge in [-0.05, 0) is 55.7 Å². The molecule has 0 radical (unpaired) electrons. The first-order valence-corrected chi connectivity index (χ1v) is 8.69. The van der Waals surface area contributed by atoms with Crippen molar-refractivity contribution in [1.82, 2.24) is 9.78 Å². The lowest BCUT2D eigenvalue weighted by molar-refractivity contribution is 0.0697. The lowest BCUT2D eigenvalue weighted by Crippen LogP contribution is -2.07. The number of aromatic nitrogens is 2. The number of anilines is 1. The molecule has 0 saturated carbocycles. The predicted octanol–water partition coefficient (Wildman–Crippen LogP) is 4.26. The smallest absolute Gasteiger partial charge is 0.335 e. The van der Waals surface area contributed by atoms with Gasteiger partial charge in [0.1, 0.15) is 23.1 Å². The van der Waals surface area contributed by atoms with Gasteiger partial charge in [-0.3, -0.25) is 0 Å². The van der Waals surface area contributed by atoms with Crippen LogP contribution in [0.3, 0.4) is 0 Å². The Labute approximate surface area is 154 Å². The van der Waals surface area contributed by atoms with E-state index in [4.69, 9.17) is 5.11 Å². The van der Waals surface area contributed by atoms with Crippen LogP contribution in [0.15, 0.2) is 42.5 Å². The Bertz CT molecular complexity index is 1010. The molecule has 1 aliphatic rings. The van der Waals surface area contributed by atoms with Gasteiger partial charge in [0.15, 0.2) is 0 Å². The molecule has 0 fully saturated rings. The fourth-order valence-corrected chi connectivity index (χ4v) is 3.33. The summed E-state index contributed by atoms with van der Waals surface area (Å²) in [6.07, 6.45) is 2.62. The number of hydrogen-bond acceptors (Lipinski definition) is 3. The van der Waals surface area contributed by atoms with Gasteiger partial charge < -0.3 is 10.4 Å². The number of carboxylic acid groups (broad SMARTS) is 1. The number of aromatic carboxylic acids is 1. The van der Waals surface area contributed by atoms with Crippen molar-refractivity contribution in [3.05, 3.63) is 65.2 Å². The zero-order chi connectivity index (χ0) is 19.0. The van der Waals surface area contributed by atoms with Gasteiger partial charge in [0, 0.05) is 23.7 Å². The van der Waals surface area contributed by atoms with Crippen LogP contribution in [-0.4, -0.2) is 27.4 Å². The Balaban J connectivity index is 1.87. The minimum Gasteiger partial charge on any atom is -0.478 e. The maximum atomic E-state index is 14.4. The van der Waals surface area contributed by atoms with Crippen molar-refractivity contribution >= 4 is 11.8 Å². The fourth-order valence-electron chi connectivity index (χ4n) is 3.33. The number of fused-ring (bicyclic) bond motifs is 1. The van der Waals surface area contributed by atoms with Crippen LogP contribution in [0.25, 0.3) is 16.9 Å². The summed E-state index contributed by atoms with van der Waals surface area (Å²) in [5.41, 5.74) is 2.44. The molecule has 0 amide bonds. The van der Waals surface area contributed by atoms with Gasteiger partial charge in [-0.15, -0.1) is 0 Å². The molecule has 2 N–H and O–H groups in total. The molecule has 7 heteroatoms. The standard InChI is InChI=1S/C20H17F2N3O2/c21-13-6-9-15(17(22)11-13)18-16-3-1-2-10-23-19(16)25(24-18)14-7-4-12(5-8-14)20(26)27/h4-9,11,23H,1-3,10H2,(H,26,27). The van der Waals surface area contributed by atoms with E-state index in [1.165, 1.54) is 24.3 Å². The summed E-state index contributed by atoms with van der Waals surface area (Å²) in [6, 6.07) is 9.79. The Morgan fingerprint density at radius 2 is 1.89 bits per heavy atom. The van der Waals surface area contributed by atoms with Gasteiger partial charge in [-0.2, -0.15) is 5.10 Å². The predicted molar refractivity (Wildman–Crippen MR) is 97.3 cm³/mol. The van der Waals surface area contributed by atoms with Gasteiger partial charge in [0.25, 0.3) is 0 Å². The van der Waals surface area contributed by atoms with E-state index in [1.54, 1.807) is 16.8 Å². The molecule has 0 unspecified atom stereocenters. The first kappa shape index (κ1) is 17.2. The number of carboxylic acids is 1. The van der Waals surface area contributed by atoms with E-state index in [0.717, 1.165) is 43.3 Å². The maximum Gasteiger partial charge on any atom is 0.335 e. The largest absolute Gasteiger partial charge is 0.478 e. The van der Waals surface area contributed by atoms with Crippen LogP contribution in [0.5, 0.6) is 0 Å². The van der Waals surface area contributed by atoms with Gasteiger partial charge in [0.05, 0.1) is 11.3 Å². The molecule has 3 aromatic rings. The van der Waals surface area contributed by atoms with Crippen molar-refractivity contribution in [2.24, 2.45) is 0 Å². The summed E-state index contributed by atoms with van der Waals surface area (Å²) in [7, 11) is 0. The molecular weight excluding hydrogens is 352 g/mol. The number of rotatable bonds is 3. The Hall–Kier alpha value is -3.22. The number of nitrogens with zero attached hydrogens (tertiary/aromatic N) is 2. The lowest BCUT2D eigenvalue weighted by atomic mass is 10.0. The SMILES string of the molecule is O=C(O)c1ccc(-n2nc(-c3ccc(F)cc3F)c3c2NCCCC3)cc1. The second-order valence-electron chi connectivity index (χ2n) is 6.45. The minimum atomic E-state index is -1.01. The van der Waals surface area contributed by atoms with E-state index in [2.05, 4.69) is 10.4 Å². The summed E-state index contributed by atoms with van der Waals surface area (Å²) in [4.78, 5) is 11.1. The molecule has 138 valence electrons. The van der Waals surface area contributed by atoms with Crippen molar-refractivity contribution in [2.45, 2.75) is 19.3 Å². The highest BCUT2D eigenvalue weighted by Gasteiger charge is 2.23. The number of hydrogen-bond donors (Lipinski definition) is 2. The van der Waals surface area contributed by atoms with Gasteiger partial charge >= 0.3 is 5.97 Å². The lowest BCUT2D eigenvalue weighted by Gasteiger charge is -2.09. The molecule has 4 rings (SSSR count). The van der Waals surface area contributed by atoms with Gasteiger partial charge in [0.2, 0.25) is 0 Å². The number of halogens is 2. The van der Waals surface area contributed by atoms with Gasteiger partial charge in [-0.1, -0.05) is 0 Å². The monoisotopic (exact) mass is 369 g/mol. The molecule has 0 bridgehead atoms. The Morgan fingerprint density at radius 3 is 2.59 bits per heavy atom. The van der Waals surface area contributed by atoms with Crippen LogP contribution < -0.4 is 5.32 Å². The highest BCUT2D eigenvalue weighted by molar-refractivity contribution is 5.87. The molecule has 2 heterocycles. The second-order valence-corrected chi connectivity index (χ2v) is 6.45. The fraction of sp³-hybridized carbons (Fsp3) is 0.200. The third-order valence-electron chi connectivity index (χ3n) is 4.67. The zero-order valence-electron chi connectivity index (χ0n) is 14.4. The van der Waals surface area contributed by atoms with E-state index < -0.39 is 17.6 Å². The number of nitrogens with one attached hydrogen (secondary N) is 1. The minimum absolute atomic E-state index is 0.176.